The van der Waals surface area contributed by atoms with E-state index in [1.807, 2.05) is 6.92 Å². The number of anilines is 1. The minimum atomic E-state index is -0.420. The maximum Gasteiger partial charge on any atom is 0.319 e. The van der Waals surface area contributed by atoms with Crippen LogP contribution in [0.4, 0.5) is 5.69 Å². The lowest BCUT2D eigenvalue weighted by atomic mass is 10.4. The van der Waals surface area contributed by atoms with Crippen molar-refractivity contribution in [2.24, 2.45) is 0 Å². The van der Waals surface area contributed by atoms with Gasteiger partial charge in [-0.15, -0.1) is 0 Å². The maximum absolute atomic E-state index is 12.1. The third-order valence-corrected chi connectivity index (χ3v) is 2.89. The summed E-state index contributed by atoms with van der Waals surface area (Å²) in [6.07, 6.45) is 2.73. The third kappa shape index (κ3) is 4.51. The van der Waals surface area contributed by atoms with E-state index in [4.69, 9.17) is 9.47 Å². The molecule has 2 aromatic rings. The Morgan fingerprint density at radius 3 is 2.67 bits per heavy atom. The van der Waals surface area contributed by atoms with Crippen LogP contribution in [-0.2, 0) is 11.3 Å². The van der Waals surface area contributed by atoms with Crippen molar-refractivity contribution in [1.82, 2.24) is 19.5 Å². The number of nitrogens with zero attached hydrogens (tertiary/aromatic N) is 4. The molecule has 0 bridgehead atoms. The Hall–Kier alpha value is -2.97. The van der Waals surface area contributed by atoms with Gasteiger partial charge in [-0.1, -0.05) is 0 Å². The van der Waals surface area contributed by atoms with Gasteiger partial charge in [0.05, 0.1) is 25.7 Å². The van der Waals surface area contributed by atoms with E-state index in [0.29, 0.717) is 24.6 Å². The molecule has 0 aliphatic carbocycles. The average Bonchev–Trinajstić information content (AvgIpc) is 2.53. The molecule has 0 saturated heterocycles. The van der Waals surface area contributed by atoms with Gasteiger partial charge in [0.2, 0.25) is 11.8 Å². The summed E-state index contributed by atoms with van der Waals surface area (Å²) in [4.78, 5) is 36.0. The first-order valence-electron chi connectivity index (χ1n) is 7.49. The smallest absolute Gasteiger partial charge is 0.319 e. The van der Waals surface area contributed by atoms with E-state index in [9.17, 15) is 9.59 Å². The minimum Gasteiger partial charge on any atom is -0.476 e. The van der Waals surface area contributed by atoms with E-state index < -0.39 is 5.91 Å². The predicted octanol–water partition coefficient (Wildman–Crippen LogP) is 0.778. The van der Waals surface area contributed by atoms with Crippen LogP contribution in [0.5, 0.6) is 11.9 Å². The quantitative estimate of drug-likeness (QED) is 0.797. The summed E-state index contributed by atoms with van der Waals surface area (Å²) in [5.74, 6) is -0.213. The largest absolute Gasteiger partial charge is 0.476 e. The molecule has 2 aromatic heterocycles. The number of nitrogens with one attached hydrogen (secondary N) is 1. The molecule has 24 heavy (non-hydrogen) atoms. The third-order valence-electron chi connectivity index (χ3n) is 2.89. The molecule has 9 nitrogen and oxygen atoms in total. The number of amides is 1. The van der Waals surface area contributed by atoms with Crippen LogP contribution in [0.25, 0.3) is 0 Å². The Morgan fingerprint density at radius 1 is 1.25 bits per heavy atom. The van der Waals surface area contributed by atoms with Gasteiger partial charge in [0.15, 0.2) is 0 Å². The number of carbonyl (C=O) groups excluding carboxylic acids is 1. The number of hydrogen-bond acceptors (Lipinski definition) is 7. The SMILES string of the molecule is CCOc1ncc(NC(=O)Cn2cnc(C)cc2=O)c(OCC)n1. The molecule has 0 saturated carbocycles. The number of ether oxygens (including phenoxy) is 2. The Labute approximate surface area is 138 Å². The Balaban J connectivity index is 2.14. The van der Waals surface area contributed by atoms with Gasteiger partial charge in [0, 0.05) is 11.8 Å². The maximum atomic E-state index is 12.1. The normalized spacial score (nSPS) is 10.3. The summed E-state index contributed by atoms with van der Waals surface area (Å²) in [6.45, 7) is 5.92. The second-order valence-electron chi connectivity index (χ2n) is 4.78. The summed E-state index contributed by atoms with van der Waals surface area (Å²) >= 11 is 0. The molecule has 2 heterocycles. The second-order valence-corrected chi connectivity index (χ2v) is 4.78. The molecule has 0 aliphatic heterocycles. The van der Waals surface area contributed by atoms with Crippen molar-refractivity contribution in [3.05, 3.63) is 34.6 Å². The van der Waals surface area contributed by atoms with Gasteiger partial charge in [-0.2, -0.15) is 4.98 Å². The van der Waals surface area contributed by atoms with Gasteiger partial charge < -0.3 is 14.8 Å². The highest BCUT2D eigenvalue weighted by Crippen LogP contribution is 2.23. The van der Waals surface area contributed by atoms with Crippen LogP contribution in [-0.4, -0.2) is 38.6 Å². The standard InChI is InChI=1S/C15H19N5O4/c1-4-23-14-11(7-16-15(19-14)24-5-2)18-12(21)8-20-9-17-10(3)6-13(20)22/h6-7,9H,4-5,8H2,1-3H3,(H,18,21). The van der Waals surface area contributed by atoms with Crippen LogP contribution in [0.2, 0.25) is 0 Å². The molecule has 1 N–H and O–H groups in total. The molecular formula is C15H19N5O4. The zero-order valence-corrected chi connectivity index (χ0v) is 13.8. The van der Waals surface area contributed by atoms with Crippen LogP contribution >= 0.6 is 0 Å². The van der Waals surface area contributed by atoms with Gasteiger partial charge in [-0.3, -0.25) is 14.2 Å². The molecular weight excluding hydrogens is 314 g/mol. The first-order chi connectivity index (χ1) is 11.5. The van der Waals surface area contributed by atoms with Crippen molar-refractivity contribution < 1.29 is 14.3 Å². The first kappa shape index (κ1) is 17.4. The highest BCUT2D eigenvalue weighted by molar-refractivity contribution is 5.91. The second kappa shape index (κ2) is 8.04. The number of carbonyl (C=O) groups is 1. The van der Waals surface area contributed by atoms with E-state index >= 15 is 0 Å². The molecule has 0 atom stereocenters. The molecule has 0 unspecified atom stereocenters. The Morgan fingerprint density at radius 2 is 2.00 bits per heavy atom. The van der Waals surface area contributed by atoms with E-state index in [-0.39, 0.29) is 24.0 Å². The molecule has 0 spiro atoms. The van der Waals surface area contributed by atoms with Crippen LogP contribution in [0.15, 0.2) is 23.4 Å². The molecule has 128 valence electrons. The molecule has 9 heteroatoms. The lowest BCUT2D eigenvalue weighted by molar-refractivity contribution is -0.116. The molecule has 0 aliphatic rings. The van der Waals surface area contributed by atoms with Crippen molar-refractivity contribution >= 4 is 11.6 Å². The zero-order valence-electron chi connectivity index (χ0n) is 13.8. The molecule has 1 amide bonds. The summed E-state index contributed by atoms with van der Waals surface area (Å²) in [5, 5.41) is 2.62. The molecule has 0 radical (unpaired) electrons. The van der Waals surface area contributed by atoms with E-state index in [1.54, 1.807) is 13.8 Å². The zero-order chi connectivity index (χ0) is 17.5. The number of aromatic nitrogens is 4. The summed E-state index contributed by atoms with van der Waals surface area (Å²) in [7, 11) is 0. The van der Waals surface area contributed by atoms with Crippen LogP contribution in [0, 0.1) is 6.92 Å². The summed E-state index contributed by atoms with van der Waals surface area (Å²) in [5.41, 5.74) is 0.597. The fraction of sp³-hybridized carbons (Fsp3) is 0.400. The van der Waals surface area contributed by atoms with Crippen molar-refractivity contribution in [2.75, 3.05) is 18.5 Å². The first-order valence-corrected chi connectivity index (χ1v) is 7.49. The topological polar surface area (TPSA) is 108 Å². The summed E-state index contributed by atoms with van der Waals surface area (Å²) in [6, 6.07) is 1.52. The predicted molar refractivity (Wildman–Crippen MR) is 86.2 cm³/mol. The van der Waals surface area contributed by atoms with E-state index in [1.165, 1.54) is 23.2 Å². The van der Waals surface area contributed by atoms with E-state index in [0.717, 1.165) is 0 Å². The minimum absolute atomic E-state index is 0.165. The highest BCUT2D eigenvalue weighted by Gasteiger charge is 2.13. The molecule has 2 rings (SSSR count). The van der Waals surface area contributed by atoms with Crippen LogP contribution < -0.4 is 20.3 Å². The van der Waals surface area contributed by atoms with E-state index in [2.05, 4.69) is 20.3 Å². The molecule has 0 fully saturated rings. The number of rotatable bonds is 7. The number of aryl methyl sites for hydroxylation is 1. The fourth-order valence-electron chi connectivity index (χ4n) is 1.86. The number of hydrogen-bond donors (Lipinski definition) is 1. The fourth-order valence-corrected chi connectivity index (χ4v) is 1.86. The highest BCUT2D eigenvalue weighted by atomic mass is 16.5. The lowest BCUT2D eigenvalue weighted by Crippen LogP contribution is -2.27. The van der Waals surface area contributed by atoms with Crippen LogP contribution in [0.1, 0.15) is 19.5 Å². The van der Waals surface area contributed by atoms with Gasteiger partial charge in [-0.25, -0.2) is 9.97 Å². The molecule has 0 aromatic carbocycles. The van der Waals surface area contributed by atoms with Gasteiger partial charge in [0.25, 0.3) is 5.56 Å². The van der Waals surface area contributed by atoms with Crippen molar-refractivity contribution in [1.29, 1.82) is 0 Å². The Bertz CT molecular complexity index is 775. The Kier molecular flexibility index (Phi) is 5.83. The van der Waals surface area contributed by atoms with Gasteiger partial charge in [-0.05, 0) is 20.8 Å². The van der Waals surface area contributed by atoms with Crippen molar-refractivity contribution in [2.45, 2.75) is 27.3 Å². The summed E-state index contributed by atoms with van der Waals surface area (Å²) < 4.78 is 11.8. The van der Waals surface area contributed by atoms with Crippen molar-refractivity contribution in [3.63, 3.8) is 0 Å². The lowest BCUT2D eigenvalue weighted by Gasteiger charge is -2.12. The monoisotopic (exact) mass is 333 g/mol. The average molecular weight is 333 g/mol. The van der Waals surface area contributed by atoms with Crippen molar-refractivity contribution in [3.8, 4) is 11.9 Å². The van der Waals surface area contributed by atoms with Crippen LogP contribution in [0.3, 0.4) is 0 Å². The van der Waals surface area contributed by atoms with Gasteiger partial charge in [0.1, 0.15) is 12.2 Å². The van der Waals surface area contributed by atoms with Gasteiger partial charge >= 0.3 is 6.01 Å².